The van der Waals surface area contributed by atoms with Crippen molar-refractivity contribution in [2.45, 2.75) is 0 Å². The first kappa shape index (κ1) is 28.8. The SMILES string of the molecule is [C-]#[N+]c1cccc2c3ccccc3n(-c3ccccc3-c3cccc(-c4ccc(-n5c6ccccc6c6cc(C#N)ccc65)cc4)c3C#N)c12. The van der Waals surface area contributed by atoms with Gasteiger partial charge in [0, 0.05) is 38.5 Å². The molecule has 230 valence electrons. The summed E-state index contributed by atoms with van der Waals surface area (Å²) in [5.41, 5.74) is 11.2. The van der Waals surface area contributed by atoms with Gasteiger partial charge >= 0.3 is 0 Å². The summed E-state index contributed by atoms with van der Waals surface area (Å²) in [4.78, 5) is 3.90. The van der Waals surface area contributed by atoms with E-state index < -0.39 is 0 Å². The largest absolute Gasteiger partial charge is 0.318 e. The van der Waals surface area contributed by atoms with Crippen molar-refractivity contribution in [1.82, 2.24) is 9.13 Å². The number of hydrogen-bond donors (Lipinski definition) is 0. The van der Waals surface area contributed by atoms with Gasteiger partial charge in [0.05, 0.1) is 51.5 Å². The van der Waals surface area contributed by atoms with Crippen LogP contribution in [-0.4, -0.2) is 9.13 Å². The molecule has 9 aromatic rings. The predicted octanol–water partition coefficient (Wildman–Crippen LogP) is 11.5. The van der Waals surface area contributed by atoms with E-state index >= 15 is 0 Å². The van der Waals surface area contributed by atoms with Crippen LogP contribution in [0.2, 0.25) is 0 Å². The normalized spacial score (nSPS) is 11.1. The molecule has 5 nitrogen and oxygen atoms in total. The van der Waals surface area contributed by atoms with Gasteiger partial charge in [0.25, 0.3) is 0 Å². The molecule has 5 heteroatoms. The van der Waals surface area contributed by atoms with Gasteiger partial charge in [-0.3, -0.25) is 0 Å². The number of aromatic nitrogens is 2. The second-order valence-corrected chi connectivity index (χ2v) is 12.2. The zero-order valence-electron chi connectivity index (χ0n) is 26.7. The Morgan fingerprint density at radius 1 is 0.500 bits per heavy atom. The highest BCUT2D eigenvalue weighted by molar-refractivity contribution is 6.14. The second-order valence-electron chi connectivity index (χ2n) is 12.2. The third kappa shape index (κ3) is 4.24. The molecule has 9 rings (SSSR count). The summed E-state index contributed by atoms with van der Waals surface area (Å²) in [5.74, 6) is 0. The minimum atomic E-state index is 0.580. The Balaban J connectivity index is 1.20. The Morgan fingerprint density at radius 2 is 1.12 bits per heavy atom. The molecule has 2 aromatic heterocycles. The van der Waals surface area contributed by atoms with Crippen LogP contribution in [0.25, 0.3) is 82.1 Å². The van der Waals surface area contributed by atoms with Gasteiger partial charge in [0.15, 0.2) is 0 Å². The fourth-order valence-corrected chi connectivity index (χ4v) is 7.49. The van der Waals surface area contributed by atoms with Crippen molar-refractivity contribution < 1.29 is 0 Å². The van der Waals surface area contributed by atoms with E-state index in [1.165, 1.54) is 0 Å². The van der Waals surface area contributed by atoms with Crippen molar-refractivity contribution >= 4 is 49.3 Å². The fraction of sp³-hybridized carbons (Fsp3) is 0. The highest BCUT2D eigenvalue weighted by Gasteiger charge is 2.20. The first-order valence-corrected chi connectivity index (χ1v) is 16.3. The Labute approximate surface area is 288 Å². The molecule has 0 N–H and O–H groups in total. The lowest BCUT2D eigenvalue weighted by Crippen LogP contribution is -1.99. The third-order valence-corrected chi connectivity index (χ3v) is 9.64. The summed E-state index contributed by atoms with van der Waals surface area (Å²) in [6.45, 7) is 7.98. The Hall–Kier alpha value is -7.39. The molecule has 0 saturated carbocycles. The van der Waals surface area contributed by atoms with Gasteiger partial charge in [0.2, 0.25) is 5.69 Å². The monoisotopic (exact) mass is 635 g/mol. The number of benzene rings is 7. The van der Waals surface area contributed by atoms with Gasteiger partial charge in [-0.25, -0.2) is 4.85 Å². The lowest BCUT2D eigenvalue weighted by Gasteiger charge is -2.17. The van der Waals surface area contributed by atoms with E-state index in [4.69, 9.17) is 6.57 Å². The van der Waals surface area contributed by atoms with E-state index in [1.54, 1.807) is 0 Å². The highest BCUT2D eigenvalue weighted by Crippen LogP contribution is 2.42. The molecule has 0 fully saturated rings. The average Bonchev–Trinajstić information content (AvgIpc) is 3.70. The molecular weight excluding hydrogens is 611 g/mol. The van der Waals surface area contributed by atoms with Gasteiger partial charge in [-0.15, -0.1) is 0 Å². The van der Waals surface area contributed by atoms with Gasteiger partial charge in [-0.2, -0.15) is 10.5 Å². The van der Waals surface area contributed by atoms with Crippen LogP contribution in [0.15, 0.2) is 152 Å². The van der Waals surface area contributed by atoms with E-state index in [2.05, 4.69) is 92.8 Å². The Kier molecular flexibility index (Phi) is 6.56. The molecule has 0 atom stereocenters. The number of fused-ring (bicyclic) bond motifs is 6. The van der Waals surface area contributed by atoms with Crippen LogP contribution in [-0.2, 0) is 0 Å². The minimum Gasteiger partial charge on any atom is -0.318 e. The van der Waals surface area contributed by atoms with Crippen molar-refractivity contribution in [3.05, 3.63) is 174 Å². The Bertz CT molecular complexity index is 2960. The maximum atomic E-state index is 10.7. The molecule has 0 aliphatic heterocycles. The van der Waals surface area contributed by atoms with E-state index in [1.807, 2.05) is 84.9 Å². The van der Waals surface area contributed by atoms with Crippen LogP contribution in [0.4, 0.5) is 5.69 Å². The summed E-state index contributed by atoms with van der Waals surface area (Å²) < 4.78 is 4.39. The first-order valence-electron chi connectivity index (χ1n) is 16.3. The lowest BCUT2D eigenvalue weighted by atomic mass is 9.91. The molecular formula is C45H25N5. The van der Waals surface area contributed by atoms with E-state index in [0.29, 0.717) is 16.8 Å². The molecule has 2 heterocycles. The number of nitrogens with zero attached hydrogens (tertiary/aromatic N) is 5. The molecule has 0 radical (unpaired) electrons. The van der Waals surface area contributed by atoms with Crippen molar-refractivity contribution in [1.29, 1.82) is 10.5 Å². The van der Waals surface area contributed by atoms with Gasteiger partial charge < -0.3 is 9.13 Å². The molecule has 0 amide bonds. The van der Waals surface area contributed by atoms with Crippen molar-refractivity contribution in [2.75, 3.05) is 0 Å². The Morgan fingerprint density at radius 3 is 1.88 bits per heavy atom. The van der Waals surface area contributed by atoms with E-state index in [9.17, 15) is 10.5 Å². The third-order valence-electron chi connectivity index (χ3n) is 9.64. The van der Waals surface area contributed by atoms with Crippen LogP contribution < -0.4 is 0 Å². The minimum absolute atomic E-state index is 0.580. The first-order chi connectivity index (χ1) is 24.7. The van der Waals surface area contributed by atoms with Crippen LogP contribution in [0.5, 0.6) is 0 Å². The van der Waals surface area contributed by atoms with Crippen LogP contribution in [0, 0.1) is 29.2 Å². The number of nitriles is 2. The fourth-order valence-electron chi connectivity index (χ4n) is 7.49. The smallest absolute Gasteiger partial charge is 0.211 e. The van der Waals surface area contributed by atoms with Gasteiger partial charge in [-0.1, -0.05) is 103 Å². The highest BCUT2D eigenvalue weighted by atomic mass is 15.0. The van der Waals surface area contributed by atoms with Crippen LogP contribution >= 0.6 is 0 Å². The van der Waals surface area contributed by atoms with E-state index in [0.717, 1.165) is 77.2 Å². The number of hydrogen-bond acceptors (Lipinski definition) is 2. The molecule has 0 spiro atoms. The molecule has 0 aliphatic carbocycles. The van der Waals surface area contributed by atoms with Gasteiger partial charge in [0.1, 0.15) is 6.07 Å². The topological polar surface area (TPSA) is 61.8 Å². The molecule has 0 saturated heterocycles. The van der Waals surface area contributed by atoms with Crippen molar-refractivity contribution in [3.63, 3.8) is 0 Å². The quantitative estimate of drug-likeness (QED) is 0.181. The summed E-state index contributed by atoms with van der Waals surface area (Å²) in [6, 6.07) is 55.4. The number of para-hydroxylation sites is 4. The molecule has 0 aliphatic rings. The number of rotatable bonds is 4. The summed E-state index contributed by atoms with van der Waals surface area (Å²) >= 11 is 0. The van der Waals surface area contributed by atoms with Crippen molar-refractivity contribution in [2.24, 2.45) is 0 Å². The lowest BCUT2D eigenvalue weighted by molar-refractivity contribution is 1.18. The molecule has 0 unspecified atom stereocenters. The van der Waals surface area contributed by atoms with Gasteiger partial charge in [-0.05, 0) is 59.5 Å². The maximum absolute atomic E-state index is 10.7. The zero-order chi connectivity index (χ0) is 33.8. The summed E-state index contributed by atoms with van der Waals surface area (Å²) in [6.07, 6.45) is 0. The van der Waals surface area contributed by atoms with E-state index in [-0.39, 0.29) is 0 Å². The van der Waals surface area contributed by atoms with Crippen LogP contribution in [0.1, 0.15) is 11.1 Å². The van der Waals surface area contributed by atoms with Crippen molar-refractivity contribution in [3.8, 4) is 45.8 Å². The second kappa shape index (κ2) is 11.4. The molecule has 50 heavy (non-hydrogen) atoms. The maximum Gasteiger partial charge on any atom is 0.211 e. The average molecular weight is 636 g/mol. The molecule has 7 aromatic carbocycles. The zero-order valence-corrected chi connectivity index (χ0v) is 26.7. The van der Waals surface area contributed by atoms with Crippen LogP contribution in [0.3, 0.4) is 0 Å². The summed E-state index contributed by atoms with van der Waals surface area (Å²) in [5, 5.41) is 24.5. The summed E-state index contributed by atoms with van der Waals surface area (Å²) in [7, 11) is 0. The molecule has 0 bridgehead atoms. The standard InChI is InChI=1S/C45H25N5/c1-48-40-16-9-15-37-35-11-3-7-19-43(35)50(45(37)40)42-18-6-2-10-34(42)33-14-8-13-32(39(33)28-47)30-21-23-31(24-22-30)49-41-17-5-4-12-36(41)38-26-29(27-46)20-25-44(38)49/h2-26H. The predicted molar refractivity (Wildman–Crippen MR) is 202 cm³/mol.